The predicted octanol–water partition coefficient (Wildman–Crippen LogP) is 2.56. The Morgan fingerprint density at radius 1 is 1.12 bits per heavy atom. The summed E-state index contributed by atoms with van der Waals surface area (Å²) in [5, 5.41) is 3.02. The zero-order valence-corrected chi connectivity index (χ0v) is 15.7. The van der Waals surface area contributed by atoms with E-state index in [9.17, 15) is 4.79 Å². The van der Waals surface area contributed by atoms with Crippen molar-refractivity contribution in [2.75, 3.05) is 25.5 Å². The number of benzene rings is 2. The fraction of sp³-hybridized carbons (Fsp3) is 0.409. The maximum absolute atomic E-state index is 12.7. The van der Waals surface area contributed by atoms with Crippen LogP contribution in [0.25, 0.3) is 0 Å². The van der Waals surface area contributed by atoms with Gasteiger partial charge >= 0.3 is 0 Å². The molecule has 1 aliphatic heterocycles. The zero-order valence-electron chi connectivity index (χ0n) is 15.7. The highest BCUT2D eigenvalue weighted by Gasteiger charge is 2.30. The predicted molar refractivity (Wildman–Crippen MR) is 105 cm³/mol. The summed E-state index contributed by atoms with van der Waals surface area (Å²) in [5.41, 5.74) is 2.16. The van der Waals surface area contributed by atoms with Gasteiger partial charge in [0, 0.05) is 0 Å². The van der Waals surface area contributed by atoms with Crippen molar-refractivity contribution < 1.29 is 14.4 Å². The Morgan fingerprint density at radius 3 is 2.46 bits per heavy atom. The van der Waals surface area contributed by atoms with Gasteiger partial charge in [0.05, 0.1) is 25.9 Å². The van der Waals surface area contributed by atoms with E-state index in [4.69, 9.17) is 4.74 Å². The molecule has 1 aliphatic rings. The number of methoxy groups -OCH3 is 1. The van der Waals surface area contributed by atoms with E-state index in [0.29, 0.717) is 5.75 Å². The summed E-state index contributed by atoms with van der Waals surface area (Å²) >= 11 is 0. The molecular formula is C22H29N2O2+. The van der Waals surface area contributed by atoms with E-state index in [0.717, 1.165) is 31.1 Å². The van der Waals surface area contributed by atoms with E-state index in [1.165, 1.54) is 23.3 Å². The molecule has 4 nitrogen and oxygen atoms in total. The molecule has 1 amide bonds. The first-order valence-corrected chi connectivity index (χ1v) is 9.49. The van der Waals surface area contributed by atoms with E-state index in [1.807, 2.05) is 31.2 Å². The molecule has 2 aromatic rings. The molecule has 0 unspecified atom stereocenters. The van der Waals surface area contributed by atoms with Crippen LogP contribution in [0.4, 0.5) is 5.69 Å². The van der Waals surface area contributed by atoms with Crippen LogP contribution < -0.4 is 15.0 Å². The highest BCUT2D eigenvalue weighted by molar-refractivity contribution is 5.94. The molecule has 138 valence electrons. The Bertz CT molecular complexity index is 709. The van der Waals surface area contributed by atoms with Crippen molar-refractivity contribution in [3.63, 3.8) is 0 Å². The van der Waals surface area contributed by atoms with Gasteiger partial charge in [-0.15, -0.1) is 0 Å². The van der Waals surface area contributed by atoms with Crippen LogP contribution in [0.1, 0.15) is 25.3 Å². The number of piperidine rings is 1. The smallest absolute Gasteiger partial charge is 0.282 e. The van der Waals surface area contributed by atoms with Crippen LogP contribution in [0.2, 0.25) is 0 Å². The SMILES string of the molecule is COc1ccccc1NC(=O)[C@@H](C)[NH+]1CCC(Cc2ccccc2)CC1. The first-order chi connectivity index (χ1) is 12.7. The topological polar surface area (TPSA) is 42.8 Å². The van der Waals surface area contributed by atoms with Gasteiger partial charge in [-0.3, -0.25) is 4.79 Å². The number of ether oxygens (including phenoxy) is 1. The fourth-order valence-corrected chi connectivity index (χ4v) is 3.81. The van der Waals surface area contributed by atoms with Crippen LogP contribution in [-0.2, 0) is 11.2 Å². The van der Waals surface area contributed by atoms with E-state index in [-0.39, 0.29) is 11.9 Å². The minimum absolute atomic E-state index is 0.0578. The Balaban J connectivity index is 1.51. The highest BCUT2D eigenvalue weighted by Crippen LogP contribution is 2.23. The lowest BCUT2D eigenvalue weighted by Gasteiger charge is -2.32. The maximum Gasteiger partial charge on any atom is 0.282 e. The molecule has 0 radical (unpaired) electrons. The summed E-state index contributed by atoms with van der Waals surface area (Å²) in [5.74, 6) is 1.49. The van der Waals surface area contributed by atoms with Crippen LogP contribution >= 0.6 is 0 Å². The second kappa shape index (κ2) is 8.86. The van der Waals surface area contributed by atoms with E-state index in [2.05, 4.69) is 35.6 Å². The van der Waals surface area contributed by atoms with E-state index >= 15 is 0 Å². The number of likely N-dealkylation sites (tertiary alicyclic amines) is 1. The molecule has 26 heavy (non-hydrogen) atoms. The lowest BCUT2D eigenvalue weighted by Crippen LogP contribution is -3.17. The number of amides is 1. The molecule has 2 aromatic carbocycles. The van der Waals surface area contributed by atoms with Gasteiger partial charge in [-0.2, -0.15) is 0 Å². The molecule has 1 atom stereocenters. The number of para-hydroxylation sites is 2. The first-order valence-electron chi connectivity index (χ1n) is 9.49. The molecule has 1 heterocycles. The fourth-order valence-electron chi connectivity index (χ4n) is 3.81. The summed E-state index contributed by atoms with van der Waals surface area (Å²) < 4.78 is 5.32. The number of carbonyl (C=O) groups excluding carboxylic acids is 1. The van der Waals surface area contributed by atoms with Crippen LogP contribution in [0, 0.1) is 5.92 Å². The van der Waals surface area contributed by atoms with Crippen LogP contribution in [0.5, 0.6) is 5.75 Å². The minimum Gasteiger partial charge on any atom is -0.495 e. The normalized spacial score (nSPS) is 21.0. The van der Waals surface area contributed by atoms with Crippen LogP contribution in [-0.4, -0.2) is 32.1 Å². The molecule has 0 spiro atoms. The summed E-state index contributed by atoms with van der Waals surface area (Å²) in [6.45, 7) is 4.13. The van der Waals surface area contributed by atoms with Crippen LogP contribution in [0.15, 0.2) is 54.6 Å². The van der Waals surface area contributed by atoms with Gasteiger partial charge in [0.1, 0.15) is 5.75 Å². The minimum atomic E-state index is -0.0578. The maximum atomic E-state index is 12.7. The highest BCUT2D eigenvalue weighted by atomic mass is 16.5. The molecule has 1 fully saturated rings. The Labute approximate surface area is 156 Å². The Kier molecular flexibility index (Phi) is 6.29. The monoisotopic (exact) mass is 353 g/mol. The van der Waals surface area contributed by atoms with Gasteiger partial charge in [-0.1, -0.05) is 42.5 Å². The largest absolute Gasteiger partial charge is 0.495 e. The molecule has 0 aromatic heterocycles. The molecule has 4 heteroatoms. The molecule has 2 N–H and O–H groups in total. The van der Waals surface area contributed by atoms with Gasteiger partial charge in [0.15, 0.2) is 6.04 Å². The number of nitrogens with one attached hydrogen (secondary N) is 2. The van der Waals surface area contributed by atoms with Crippen molar-refractivity contribution >= 4 is 11.6 Å². The number of carbonyl (C=O) groups is 1. The average molecular weight is 353 g/mol. The number of quaternary nitrogens is 1. The molecule has 0 bridgehead atoms. The molecule has 3 rings (SSSR count). The van der Waals surface area contributed by atoms with Crippen molar-refractivity contribution in [3.05, 3.63) is 60.2 Å². The van der Waals surface area contributed by atoms with Gasteiger partial charge in [-0.05, 0) is 49.8 Å². The zero-order chi connectivity index (χ0) is 18.4. The Hall–Kier alpha value is -2.33. The van der Waals surface area contributed by atoms with Gasteiger partial charge in [0.2, 0.25) is 0 Å². The van der Waals surface area contributed by atoms with Gasteiger partial charge in [0.25, 0.3) is 5.91 Å². The van der Waals surface area contributed by atoms with Crippen molar-refractivity contribution in [1.82, 2.24) is 0 Å². The third kappa shape index (κ3) is 4.64. The summed E-state index contributed by atoms with van der Waals surface area (Å²) in [6, 6.07) is 18.2. The molecular weight excluding hydrogens is 324 g/mol. The van der Waals surface area contributed by atoms with E-state index < -0.39 is 0 Å². The second-order valence-electron chi connectivity index (χ2n) is 7.20. The third-order valence-electron chi connectivity index (χ3n) is 5.49. The van der Waals surface area contributed by atoms with Crippen molar-refractivity contribution in [1.29, 1.82) is 0 Å². The Morgan fingerprint density at radius 2 is 1.77 bits per heavy atom. The number of hydrogen-bond acceptors (Lipinski definition) is 2. The first kappa shape index (κ1) is 18.5. The molecule has 1 saturated heterocycles. The summed E-state index contributed by atoms with van der Waals surface area (Å²) in [7, 11) is 1.62. The van der Waals surface area contributed by atoms with Gasteiger partial charge in [-0.25, -0.2) is 0 Å². The number of hydrogen-bond donors (Lipinski definition) is 2. The quantitative estimate of drug-likeness (QED) is 0.838. The molecule has 0 aliphatic carbocycles. The van der Waals surface area contributed by atoms with E-state index in [1.54, 1.807) is 7.11 Å². The number of anilines is 1. The lowest BCUT2D eigenvalue weighted by molar-refractivity contribution is -0.919. The summed E-state index contributed by atoms with van der Waals surface area (Å²) in [4.78, 5) is 14.0. The van der Waals surface area contributed by atoms with Crippen molar-refractivity contribution in [3.8, 4) is 5.75 Å². The number of rotatable bonds is 6. The van der Waals surface area contributed by atoms with Crippen molar-refractivity contribution in [2.45, 2.75) is 32.2 Å². The standard InChI is InChI=1S/C22H28N2O2/c1-17(22(25)23-20-10-6-7-11-21(20)26-2)24-14-12-19(13-15-24)16-18-8-4-3-5-9-18/h3-11,17,19H,12-16H2,1-2H3,(H,23,25)/p+1/t17-/m1/s1. The lowest BCUT2D eigenvalue weighted by atomic mass is 9.89. The molecule has 0 saturated carbocycles. The third-order valence-corrected chi connectivity index (χ3v) is 5.49. The van der Waals surface area contributed by atoms with Crippen LogP contribution in [0.3, 0.4) is 0 Å². The van der Waals surface area contributed by atoms with Crippen molar-refractivity contribution in [2.24, 2.45) is 5.92 Å². The average Bonchev–Trinajstić information content (AvgIpc) is 2.69. The summed E-state index contributed by atoms with van der Waals surface area (Å²) in [6.07, 6.45) is 3.50. The second-order valence-corrected chi connectivity index (χ2v) is 7.20. The van der Waals surface area contributed by atoms with Gasteiger partial charge < -0.3 is 15.0 Å².